The molecule has 1 amide bonds. The number of nitrogens with two attached hydrogens (primary N) is 1. The molecule has 0 saturated heterocycles. The van der Waals surface area contributed by atoms with Gasteiger partial charge in [0.05, 0.1) is 5.69 Å². The molecule has 5 rings (SSSR count). The summed E-state index contributed by atoms with van der Waals surface area (Å²) in [5.41, 5.74) is 12.1. The zero-order chi connectivity index (χ0) is 21.4. The molecule has 0 fully saturated rings. The molecule has 3 heterocycles. The van der Waals surface area contributed by atoms with E-state index in [9.17, 15) is 4.79 Å². The van der Waals surface area contributed by atoms with E-state index in [2.05, 4.69) is 23.2 Å². The number of aromatic nitrogens is 1. The smallest absolute Gasteiger partial charge is 0.267 e. The zero-order valence-corrected chi connectivity index (χ0v) is 18.2. The maximum atomic E-state index is 13.2. The van der Waals surface area contributed by atoms with E-state index in [0.29, 0.717) is 10.6 Å². The molecule has 0 spiro atoms. The van der Waals surface area contributed by atoms with E-state index < -0.39 is 0 Å². The van der Waals surface area contributed by atoms with Crippen LogP contribution in [-0.4, -0.2) is 28.9 Å². The van der Waals surface area contributed by atoms with Crippen LogP contribution in [0.1, 0.15) is 27.9 Å². The number of thiophene rings is 1. The van der Waals surface area contributed by atoms with Crippen LogP contribution in [0.3, 0.4) is 0 Å². The molecule has 31 heavy (non-hydrogen) atoms. The molecular formula is C25H24N4OS. The minimum atomic E-state index is -0.197. The fourth-order valence-electron chi connectivity index (χ4n) is 4.14. The van der Waals surface area contributed by atoms with Crippen molar-refractivity contribution in [2.75, 3.05) is 24.1 Å². The van der Waals surface area contributed by atoms with Gasteiger partial charge in [0.2, 0.25) is 0 Å². The lowest BCUT2D eigenvalue weighted by atomic mass is 10.0. The quantitative estimate of drug-likeness (QED) is 0.470. The molecule has 0 bridgehead atoms. The summed E-state index contributed by atoms with van der Waals surface area (Å²) in [5.74, 6) is -0.197. The number of rotatable bonds is 4. The molecule has 4 aromatic rings. The third kappa shape index (κ3) is 3.69. The summed E-state index contributed by atoms with van der Waals surface area (Å²) in [6, 6.07) is 20.0. The Bertz CT molecular complexity index is 1270. The van der Waals surface area contributed by atoms with Gasteiger partial charge in [0.1, 0.15) is 9.71 Å². The zero-order valence-electron chi connectivity index (χ0n) is 17.4. The van der Waals surface area contributed by atoms with Crippen molar-refractivity contribution in [1.82, 2.24) is 9.88 Å². The predicted octanol–water partition coefficient (Wildman–Crippen LogP) is 5.18. The second-order valence-electron chi connectivity index (χ2n) is 7.78. The van der Waals surface area contributed by atoms with Crippen LogP contribution in [0.4, 0.5) is 11.4 Å². The minimum absolute atomic E-state index is 0.197. The van der Waals surface area contributed by atoms with Gasteiger partial charge in [0, 0.05) is 41.8 Å². The summed E-state index contributed by atoms with van der Waals surface area (Å²) < 4.78 is 0. The van der Waals surface area contributed by atoms with Crippen LogP contribution in [0.5, 0.6) is 0 Å². The molecule has 1 aliphatic heterocycles. The molecule has 3 N–H and O–H groups in total. The maximum absolute atomic E-state index is 13.2. The monoisotopic (exact) mass is 428 g/mol. The van der Waals surface area contributed by atoms with Crippen molar-refractivity contribution in [1.29, 1.82) is 0 Å². The topological polar surface area (TPSA) is 71.2 Å². The Hall–Kier alpha value is -3.22. The van der Waals surface area contributed by atoms with E-state index in [-0.39, 0.29) is 5.91 Å². The highest BCUT2D eigenvalue weighted by Gasteiger charge is 2.22. The number of hydrogen-bond acceptors (Lipinski definition) is 5. The maximum Gasteiger partial charge on any atom is 0.267 e. The molecule has 5 nitrogen and oxygen atoms in total. The average molecular weight is 429 g/mol. The molecule has 1 aliphatic rings. The second-order valence-corrected chi connectivity index (χ2v) is 8.78. The molecule has 0 aliphatic carbocycles. The highest BCUT2D eigenvalue weighted by Crippen LogP contribution is 2.36. The van der Waals surface area contributed by atoms with Gasteiger partial charge in [0.15, 0.2) is 0 Å². The molecular weight excluding hydrogens is 404 g/mol. The Morgan fingerprint density at radius 1 is 1.16 bits per heavy atom. The number of carbonyl (C=O) groups excluding carboxylic acids is 1. The predicted molar refractivity (Wildman–Crippen MR) is 129 cm³/mol. The van der Waals surface area contributed by atoms with Crippen molar-refractivity contribution >= 4 is 38.8 Å². The summed E-state index contributed by atoms with van der Waals surface area (Å²) in [4.78, 5) is 21.8. The first kappa shape index (κ1) is 19.7. The number of carbonyl (C=O) groups is 1. The fourth-order valence-corrected chi connectivity index (χ4v) is 5.13. The number of nitrogens with zero attached hydrogens (tertiary/aromatic N) is 2. The van der Waals surface area contributed by atoms with Gasteiger partial charge in [-0.2, -0.15) is 0 Å². The van der Waals surface area contributed by atoms with E-state index in [0.717, 1.165) is 58.8 Å². The summed E-state index contributed by atoms with van der Waals surface area (Å²) >= 11 is 1.37. The number of para-hydroxylation sites is 1. The van der Waals surface area contributed by atoms with E-state index in [1.165, 1.54) is 16.9 Å². The van der Waals surface area contributed by atoms with E-state index in [1.54, 1.807) is 0 Å². The van der Waals surface area contributed by atoms with Crippen LogP contribution < -0.4 is 11.1 Å². The number of benzene rings is 2. The standard InChI is InChI=1S/C25H24N4OS/c1-2-29-13-12-20-17(15-29)14-19-22(26)23(31-25(19)28-20)24(30)27-21-11-7-6-10-18(21)16-8-4-3-5-9-16/h3-11,14H,2,12-13,15,26H2,1H3,(H,27,30). The third-order valence-electron chi connectivity index (χ3n) is 5.86. The van der Waals surface area contributed by atoms with Gasteiger partial charge >= 0.3 is 0 Å². The van der Waals surface area contributed by atoms with Gasteiger partial charge in [0.25, 0.3) is 5.91 Å². The largest absolute Gasteiger partial charge is 0.397 e. The number of fused-ring (bicyclic) bond motifs is 2. The Balaban J connectivity index is 1.48. The van der Waals surface area contributed by atoms with Crippen molar-refractivity contribution in [3.63, 3.8) is 0 Å². The van der Waals surface area contributed by atoms with Crippen LogP contribution in [0.25, 0.3) is 21.3 Å². The lowest BCUT2D eigenvalue weighted by Crippen LogP contribution is -2.30. The van der Waals surface area contributed by atoms with Crippen molar-refractivity contribution in [2.24, 2.45) is 0 Å². The van der Waals surface area contributed by atoms with Crippen LogP contribution in [-0.2, 0) is 13.0 Å². The molecule has 0 radical (unpaired) electrons. The SMILES string of the molecule is CCN1CCc2nc3sc(C(=O)Nc4ccccc4-c4ccccc4)c(N)c3cc2C1. The Labute approximate surface area is 185 Å². The van der Waals surface area contributed by atoms with Gasteiger partial charge in [-0.15, -0.1) is 11.3 Å². The van der Waals surface area contributed by atoms with Gasteiger partial charge in [-0.1, -0.05) is 55.5 Å². The first-order valence-electron chi connectivity index (χ1n) is 10.5. The molecule has 6 heteroatoms. The summed E-state index contributed by atoms with van der Waals surface area (Å²) in [6.45, 7) is 5.10. The molecule has 2 aromatic heterocycles. The van der Waals surface area contributed by atoms with Crippen molar-refractivity contribution in [2.45, 2.75) is 19.9 Å². The number of pyridine rings is 1. The van der Waals surface area contributed by atoms with E-state index >= 15 is 0 Å². The molecule has 156 valence electrons. The molecule has 0 atom stereocenters. The Kier molecular flexibility index (Phi) is 5.18. The third-order valence-corrected chi connectivity index (χ3v) is 6.98. The number of likely N-dealkylation sites (N-methyl/N-ethyl adjacent to an activating group) is 1. The van der Waals surface area contributed by atoms with Gasteiger partial charge < -0.3 is 11.1 Å². The van der Waals surface area contributed by atoms with Crippen LogP contribution in [0.15, 0.2) is 60.7 Å². The van der Waals surface area contributed by atoms with Crippen LogP contribution in [0, 0.1) is 0 Å². The Morgan fingerprint density at radius 2 is 1.94 bits per heavy atom. The lowest BCUT2D eigenvalue weighted by Gasteiger charge is -2.26. The molecule has 2 aromatic carbocycles. The van der Waals surface area contributed by atoms with Crippen LogP contribution in [0.2, 0.25) is 0 Å². The second kappa shape index (κ2) is 8.13. The van der Waals surface area contributed by atoms with Gasteiger partial charge in [-0.05, 0) is 29.8 Å². The minimum Gasteiger partial charge on any atom is -0.397 e. The van der Waals surface area contributed by atoms with Crippen LogP contribution >= 0.6 is 11.3 Å². The fraction of sp³-hybridized carbons (Fsp3) is 0.200. The first-order valence-corrected chi connectivity index (χ1v) is 11.3. The number of amides is 1. The van der Waals surface area contributed by atoms with Crippen molar-refractivity contribution < 1.29 is 4.79 Å². The van der Waals surface area contributed by atoms with Crippen molar-refractivity contribution in [3.8, 4) is 11.1 Å². The summed E-state index contributed by atoms with van der Waals surface area (Å²) in [6.07, 6.45) is 0.933. The van der Waals surface area contributed by atoms with E-state index in [1.807, 2.05) is 54.6 Å². The normalized spacial score (nSPS) is 13.8. The lowest BCUT2D eigenvalue weighted by molar-refractivity contribution is 0.103. The highest BCUT2D eigenvalue weighted by molar-refractivity contribution is 7.21. The highest BCUT2D eigenvalue weighted by atomic mass is 32.1. The van der Waals surface area contributed by atoms with Gasteiger partial charge in [-0.3, -0.25) is 9.69 Å². The summed E-state index contributed by atoms with van der Waals surface area (Å²) in [7, 11) is 0. The average Bonchev–Trinajstić information content (AvgIpc) is 3.13. The number of nitrogens with one attached hydrogen (secondary N) is 1. The number of anilines is 2. The van der Waals surface area contributed by atoms with E-state index in [4.69, 9.17) is 10.7 Å². The number of nitrogen functional groups attached to an aromatic ring is 1. The number of hydrogen-bond donors (Lipinski definition) is 2. The van der Waals surface area contributed by atoms with Crippen molar-refractivity contribution in [3.05, 3.63) is 76.8 Å². The summed E-state index contributed by atoms with van der Waals surface area (Å²) in [5, 5.41) is 3.95. The Morgan fingerprint density at radius 3 is 2.74 bits per heavy atom. The molecule has 0 unspecified atom stereocenters. The van der Waals surface area contributed by atoms with Gasteiger partial charge in [-0.25, -0.2) is 4.98 Å². The molecule has 0 saturated carbocycles. The first-order chi connectivity index (χ1) is 15.1.